The quantitative estimate of drug-likeness (QED) is 0.898. The van der Waals surface area contributed by atoms with Gasteiger partial charge >= 0.3 is 0 Å². The lowest BCUT2D eigenvalue weighted by atomic mass is 10.0. The Labute approximate surface area is 119 Å². The molecule has 4 nitrogen and oxygen atoms in total. The molecule has 0 spiro atoms. The summed E-state index contributed by atoms with van der Waals surface area (Å²) in [4.78, 5) is 23.3. The second-order valence-electron chi connectivity index (χ2n) is 5.82. The molecule has 4 heteroatoms. The summed E-state index contributed by atoms with van der Waals surface area (Å²) in [7, 11) is 0. The number of carbonyl (C=O) groups excluding carboxylic acids is 2. The number of hydrogen-bond acceptors (Lipinski definition) is 3. The number of rotatable bonds is 5. The van der Waals surface area contributed by atoms with Gasteiger partial charge in [-0.25, -0.2) is 0 Å². The van der Waals surface area contributed by atoms with Crippen LogP contribution < -0.4 is 10.1 Å². The Morgan fingerprint density at radius 1 is 1.35 bits per heavy atom. The smallest absolute Gasteiger partial charge is 0.258 e. The van der Waals surface area contributed by atoms with Crippen molar-refractivity contribution in [1.82, 2.24) is 5.32 Å². The van der Waals surface area contributed by atoms with E-state index in [1.807, 2.05) is 26.8 Å². The zero-order chi connectivity index (χ0) is 14.8. The van der Waals surface area contributed by atoms with Crippen molar-refractivity contribution in [1.29, 1.82) is 0 Å². The van der Waals surface area contributed by atoms with Crippen LogP contribution in [0.25, 0.3) is 0 Å². The summed E-state index contributed by atoms with van der Waals surface area (Å²) >= 11 is 0. The fourth-order valence-corrected chi connectivity index (χ4v) is 2.17. The molecule has 1 amide bonds. The summed E-state index contributed by atoms with van der Waals surface area (Å²) in [5.41, 5.74) is 1.58. The molecule has 1 aromatic carbocycles. The van der Waals surface area contributed by atoms with Crippen molar-refractivity contribution in [2.45, 2.75) is 45.6 Å². The molecule has 0 fully saturated rings. The van der Waals surface area contributed by atoms with E-state index in [1.54, 1.807) is 12.1 Å². The summed E-state index contributed by atoms with van der Waals surface area (Å²) < 4.78 is 5.50. The SMILES string of the molecule is CCC(C)(C)NC(=O)COc1ccc2c(c1)CCC2=O. The van der Waals surface area contributed by atoms with E-state index < -0.39 is 0 Å². The lowest BCUT2D eigenvalue weighted by Crippen LogP contribution is -2.44. The van der Waals surface area contributed by atoms with Crippen molar-refractivity contribution in [3.8, 4) is 5.75 Å². The van der Waals surface area contributed by atoms with Gasteiger partial charge in [0.1, 0.15) is 5.75 Å². The highest BCUT2D eigenvalue weighted by Gasteiger charge is 2.20. The first kappa shape index (κ1) is 14.6. The number of Topliss-reactive ketones (excluding diaryl/α,β-unsaturated/α-hetero) is 1. The lowest BCUT2D eigenvalue weighted by Gasteiger charge is -2.24. The molecule has 1 aliphatic carbocycles. The molecule has 0 saturated heterocycles. The zero-order valence-corrected chi connectivity index (χ0v) is 12.3. The van der Waals surface area contributed by atoms with Crippen LogP contribution in [0.1, 0.15) is 49.5 Å². The van der Waals surface area contributed by atoms with Crippen LogP contribution in [0.5, 0.6) is 5.75 Å². The monoisotopic (exact) mass is 275 g/mol. The second kappa shape index (κ2) is 5.65. The van der Waals surface area contributed by atoms with E-state index in [4.69, 9.17) is 4.74 Å². The first-order valence-electron chi connectivity index (χ1n) is 7.01. The molecule has 0 radical (unpaired) electrons. The number of ketones is 1. The third kappa shape index (κ3) is 3.38. The van der Waals surface area contributed by atoms with Crippen LogP contribution in [0.3, 0.4) is 0 Å². The van der Waals surface area contributed by atoms with Gasteiger partial charge in [-0.05, 0) is 50.5 Å². The molecule has 0 aromatic heterocycles. The van der Waals surface area contributed by atoms with Crippen LogP contribution in [0, 0.1) is 0 Å². The molecule has 0 bridgehead atoms. The van der Waals surface area contributed by atoms with Gasteiger partial charge in [-0.15, -0.1) is 0 Å². The van der Waals surface area contributed by atoms with Gasteiger partial charge in [0.05, 0.1) is 0 Å². The van der Waals surface area contributed by atoms with E-state index in [9.17, 15) is 9.59 Å². The molecule has 1 aromatic rings. The molecule has 0 aliphatic heterocycles. The molecule has 0 saturated carbocycles. The van der Waals surface area contributed by atoms with E-state index in [0.29, 0.717) is 12.2 Å². The summed E-state index contributed by atoms with van der Waals surface area (Å²) in [5, 5.41) is 2.92. The Balaban J connectivity index is 1.92. The van der Waals surface area contributed by atoms with E-state index in [-0.39, 0.29) is 23.8 Å². The maximum atomic E-state index is 11.8. The standard InChI is InChI=1S/C16H21NO3/c1-4-16(2,3)17-15(19)10-20-12-6-7-13-11(9-12)5-8-14(13)18/h6-7,9H,4-5,8,10H2,1-3H3,(H,17,19). The highest BCUT2D eigenvalue weighted by molar-refractivity contribution is 6.00. The van der Waals surface area contributed by atoms with Crippen LogP contribution in [0.15, 0.2) is 18.2 Å². The van der Waals surface area contributed by atoms with Crippen molar-refractivity contribution >= 4 is 11.7 Å². The Morgan fingerprint density at radius 2 is 2.10 bits per heavy atom. The Bertz CT molecular complexity index is 535. The van der Waals surface area contributed by atoms with E-state index in [0.717, 1.165) is 24.0 Å². The maximum absolute atomic E-state index is 11.8. The van der Waals surface area contributed by atoms with Gasteiger partial charge in [0.25, 0.3) is 5.91 Å². The average Bonchev–Trinajstić information content (AvgIpc) is 2.77. The topological polar surface area (TPSA) is 55.4 Å². The molecule has 2 rings (SSSR count). The Hall–Kier alpha value is -1.84. The van der Waals surface area contributed by atoms with Crippen molar-refractivity contribution in [3.63, 3.8) is 0 Å². The lowest BCUT2D eigenvalue weighted by molar-refractivity contribution is -0.124. The Kier molecular flexibility index (Phi) is 4.12. The fourth-order valence-electron chi connectivity index (χ4n) is 2.17. The minimum Gasteiger partial charge on any atom is -0.484 e. The largest absolute Gasteiger partial charge is 0.484 e. The predicted molar refractivity (Wildman–Crippen MR) is 77.1 cm³/mol. The molecule has 0 atom stereocenters. The summed E-state index contributed by atoms with van der Waals surface area (Å²) in [6, 6.07) is 5.40. The van der Waals surface area contributed by atoms with Crippen LogP contribution >= 0.6 is 0 Å². The van der Waals surface area contributed by atoms with Crippen molar-refractivity contribution in [2.75, 3.05) is 6.61 Å². The molecule has 1 N–H and O–H groups in total. The number of hydrogen-bond donors (Lipinski definition) is 1. The number of benzene rings is 1. The third-order valence-corrected chi connectivity index (χ3v) is 3.73. The third-order valence-electron chi connectivity index (χ3n) is 3.73. The van der Waals surface area contributed by atoms with E-state index in [1.165, 1.54) is 0 Å². The number of carbonyl (C=O) groups is 2. The average molecular weight is 275 g/mol. The number of aryl methyl sites for hydroxylation is 1. The maximum Gasteiger partial charge on any atom is 0.258 e. The molecule has 1 aliphatic rings. The second-order valence-corrected chi connectivity index (χ2v) is 5.82. The molecular weight excluding hydrogens is 254 g/mol. The van der Waals surface area contributed by atoms with Gasteiger partial charge in [0, 0.05) is 17.5 Å². The fraction of sp³-hybridized carbons (Fsp3) is 0.500. The summed E-state index contributed by atoms with van der Waals surface area (Å²) in [5.74, 6) is 0.699. The summed E-state index contributed by atoms with van der Waals surface area (Å²) in [6.45, 7) is 5.98. The first-order valence-corrected chi connectivity index (χ1v) is 7.01. The Morgan fingerprint density at radius 3 is 2.80 bits per heavy atom. The van der Waals surface area contributed by atoms with Gasteiger partial charge in [0.2, 0.25) is 0 Å². The molecule has 0 heterocycles. The van der Waals surface area contributed by atoms with Crippen molar-refractivity contribution in [3.05, 3.63) is 29.3 Å². The summed E-state index contributed by atoms with van der Waals surface area (Å²) in [6.07, 6.45) is 2.20. The predicted octanol–water partition coefficient (Wildman–Crippen LogP) is 2.50. The zero-order valence-electron chi connectivity index (χ0n) is 12.3. The highest BCUT2D eigenvalue weighted by atomic mass is 16.5. The molecule has 20 heavy (non-hydrogen) atoms. The number of amides is 1. The van der Waals surface area contributed by atoms with Gasteiger partial charge < -0.3 is 10.1 Å². The highest BCUT2D eigenvalue weighted by Crippen LogP contribution is 2.26. The van der Waals surface area contributed by atoms with Crippen LogP contribution in [0.4, 0.5) is 0 Å². The van der Waals surface area contributed by atoms with Gasteiger partial charge in [-0.3, -0.25) is 9.59 Å². The van der Waals surface area contributed by atoms with E-state index >= 15 is 0 Å². The number of ether oxygens (including phenoxy) is 1. The van der Waals surface area contributed by atoms with Gasteiger partial charge in [-0.1, -0.05) is 6.92 Å². The van der Waals surface area contributed by atoms with Gasteiger partial charge in [-0.2, -0.15) is 0 Å². The van der Waals surface area contributed by atoms with Crippen molar-refractivity contribution in [2.24, 2.45) is 0 Å². The van der Waals surface area contributed by atoms with Gasteiger partial charge in [0.15, 0.2) is 12.4 Å². The number of nitrogens with one attached hydrogen (secondary N) is 1. The van der Waals surface area contributed by atoms with Crippen LogP contribution in [-0.2, 0) is 11.2 Å². The number of fused-ring (bicyclic) bond motifs is 1. The van der Waals surface area contributed by atoms with Crippen LogP contribution in [0.2, 0.25) is 0 Å². The van der Waals surface area contributed by atoms with Crippen LogP contribution in [-0.4, -0.2) is 23.8 Å². The minimum absolute atomic E-state index is 0.00381. The molecule has 0 unspecified atom stereocenters. The first-order chi connectivity index (χ1) is 9.41. The normalized spacial score (nSPS) is 14.1. The minimum atomic E-state index is -0.217. The van der Waals surface area contributed by atoms with E-state index in [2.05, 4.69) is 5.32 Å². The molecule has 108 valence electrons. The molecular formula is C16H21NO3. The van der Waals surface area contributed by atoms with Crippen molar-refractivity contribution < 1.29 is 14.3 Å².